The number of hydrogen-bond acceptors (Lipinski definition) is 5. The second-order valence-electron chi connectivity index (χ2n) is 6.47. The molecule has 2 heterocycles. The van der Waals surface area contributed by atoms with Crippen molar-refractivity contribution in [3.05, 3.63) is 77.0 Å². The van der Waals surface area contributed by atoms with Crippen molar-refractivity contribution >= 4 is 22.4 Å². The highest BCUT2D eigenvalue weighted by atomic mass is 32.1. The second kappa shape index (κ2) is 7.75. The normalized spacial score (nSPS) is 11.5. The zero-order valence-electron chi connectivity index (χ0n) is 15.5. The van der Waals surface area contributed by atoms with E-state index in [4.69, 9.17) is 4.42 Å². The maximum absolute atomic E-state index is 12.7. The molecule has 0 saturated heterocycles. The Morgan fingerprint density at radius 2 is 1.67 bits per heavy atom. The molecule has 0 unspecified atom stereocenters. The Morgan fingerprint density at radius 1 is 1.00 bits per heavy atom. The van der Waals surface area contributed by atoms with Crippen LogP contribution in [0, 0.1) is 6.92 Å². The van der Waals surface area contributed by atoms with E-state index in [1.54, 1.807) is 0 Å². The van der Waals surface area contributed by atoms with Crippen LogP contribution in [0.1, 0.15) is 21.6 Å². The zero-order valence-corrected chi connectivity index (χ0v) is 16.3. The average Bonchev–Trinajstić information content (AvgIpc) is 3.38. The summed E-state index contributed by atoms with van der Waals surface area (Å²) in [7, 11) is 0. The number of nitrogens with zero attached hydrogens (tertiary/aromatic N) is 2. The summed E-state index contributed by atoms with van der Waals surface area (Å²) in [6.45, 7) is 1.99. The summed E-state index contributed by atoms with van der Waals surface area (Å²) < 4.78 is 43.3. The summed E-state index contributed by atoms with van der Waals surface area (Å²) in [6, 6.07) is 12.2. The third-order valence-electron chi connectivity index (χ3n) is 4.27. The number of carbonyl (C=O) groups is 1. The number of anilines is 1. The summed E-state index contributed by atoms with van der Waals surface area (Å²) in [5, 5.41) is 4.88. The molecular weight excluding hydrogens is 415 g/mol. The molecule has 1 amide bonds. The number of hydrogen-bond donors (Lipinski definition) is 1. The maximum atomic E-state index is 12.7. The Balaban J connectivity index is 1.46. The van der Waals surface area contributed by atoms with Gasteiger partial charge in [-0.25, -0.2) is 9.97 Å². The molecule has 0 radical (unpaired) electrons. The molecule has 0 aliphatic heterocycles. The van der Waals surface area contributed by atoms with Crippen LogP contribution in [-0.4, -0.2) is 15.9 Å². The largest absolute Gasteiger partial charge is 0.444 e. The SMILES string of the molecule is Cc1ccc(-c2csc(NC(=O)c3coc(-c4ccc(C(F)(F)F)cc4)n3)n2)cc1. The quantitative estimate of drug-likeness (QED) is 0.429. The fourth-order valence-electron chi connectivity index (χ4n) is 2.66. The highest BCUT2D eigenvalue weighted by molar-refractivity contribution is 7.14. The van der Waals surface area contributed by atoms with Crippen LogP contribution in [0.4, 0.5) is 18.3 Å². The van der Waals surface area contributed by atoms with Gasteiger partial charge in [0.25, 0.3) is 5.91 Å². The average molecular weight is 429 g/mol. The van der Waals surface area contributed by atoms with E-state index in [2.05, 4.69) is 15.3 Å². The molecular formula is C21H14F3N3O2S. The molecule has 0 fully saturated rings. The van der Waals surface area contributed by atoms with Crippen LogP contribution in [-0.2, 0) is 6.18 Å². The molecule has 1 N–H and O–H groups in total. The zero-order chi connectivity index (χ0) is 21.3. The van der Waals surface area contributed by atoms with Gasteiger partial charge in [0.2, 0.25) is 5.89 Å². The van der Waals surface area contributed by atoms with Gasteiger partial charge in [0.05, 0.1) is 11.3 Å². The lowest BCUT2D eigenvalue weighted by atomic mass is 10.1. The molecule has 0 bridgehead atoms. The van der Waals surface area contributed by atoms with Crippen LogP contribution in [0.2, 0.25) is 0 Å². The van der Waals surface area contributed by atoms with Crippen LogP contribution in [0.3, 0.4) is 0 Å². The number of oxazole rings is 1. The van der Waals surface area contributed by atoms with E-state index >= 15 is 0 Å². The molecule has 5 nitrogen and oxygen atoms in total. The first kappa shape index (κ1) is 19.8. The van der Waals surface area contributed by atoms with Gasteiger partial charge in [-0.3, -0.25) is 10.1 Å². The van der Waals surface area contributed by atoms with Crippen molar-refractivity contribution in [3.63, 3.8) is 0 Å². The number of rotatable bonds is 4. The minimum absolute atomic E-state index is 0.00279. The fraction of sp³-hybridized carbons (Fsp3) is 0.0952. The van der Waals surface area contributed by atoms with E-state index in [9.17, 15) is 18.0 Å². The monoisotopic (exact) mass is 429 g/mol. The lowest BCUT2D eigenvalue weighted by Crippen LogP contribution is -2.12. The minimum atomic E-state index is -4.43. The van der Waals surface area contributed by atoms with Gasteiger partial charge in [0.15, 0.2) is 10.8 Å². The molecule has 2 aromatic carbocycles. The lowest BCUT2D eigenvalue weighted by Gasteiger charge is -2.05. The van der Waals surface area contributed by atoms with Crippen molar-refractivity contribution in [2.75, 3.05) is 5.32 Å². The molecule has 0 aliphatic carbocycles. The topological polar surface area (TPSA) is 68.0 Å². The Morgan fingerprint density at radius 3 is 2.33 bits per heavy atom. The summed E-state index contributed by atoms with van der Waals surface area (Å²) in [5.41, 5.74) is 2.36. The molecule has 4 aromatic rings. The molecule has 152 valence electrons. The first-order valence-corrected chi connectivity index (χ1v) is 9.64. The standard InChI is InChI=1S/C21H14F3N3O2S/c1-12-2-4-13(5-3-12)17-11-30-20(26-17)27-18(28)16-10-29-19(25-16)14-6-8-15(9-7-14)21(22,23)24/h2-11H,1H3,(H,26,27,28). The van der Waals surface area contributed by atoms with E-state index in [1.807, 2.05) is 36.6 Å². The van der Waals surface area contributed by atoms with Crippen LogP contribution in [0.5, 0.6) is 0 Å². The molecule has 4 rings (SSSR count). The Bertz CT molecular complexity index is 1180. The second-order valence-corrected chi connectivity index (χ2v) is 7.33. The van der Waals surface area contributed by atoms with E-state index in [1.165, 1.54) is 23.5 Å². The van der Waals surface area contributed by atoms with E-state index < -0.39 is 17.6 Å². The summed E-state index contributed by atoms with van der Waals surface area (Å²) in [5.74, 6) is -0.477. The van der Waals surface area contributed by atoms with Crippen LogP contribution in [0.15, 0.2) is 64.6 Å². The molecule has 9 heteroatoms. The van der Waals surface area contributed by atoms with Crippen LogP contribution >= 0.6 is 11.3 Å². The van der Waals surface area contributed by atoms with Gasteiger partial charge < -0.3 is 4.42 Å². The van der Waals surface area contributed by atoms with Gasteiger partial charge in [0.1, 0.15) is 6.26 Å². The number of amides is 1. The Labute approximate surface area is 173 Å². The van der Waals surface area contributed by atoms with Gasteiger partial charge >= 0.3 is 6.18 Å². The first-order valence-electron chi connectivity index (χ1n) is 8.77. The van der Waals surface area contributed by atoms with Gasteiger partial charge in [0, 0.05) is 16.5 Å². The number of aromatic nitrogens is 2. The number of alkyl halides is 3. The van der Waals surface area contributed by atoms with Gasteiger partial charge in [-0.05, 0) is 31.2 Å². The predicted molar refractivity (Wildman–Crippen MR) is 107 cm³/mol. The number of aryl methyl sites for hydroxylation is 1. The van der Waals surface area contributed by atoms with E-state index in [0.29, 0.717) is 10.7 Å². The van der Waals surface area contributed by atoms with Crippen molar-refractivity contribution in [2.45, 2.75) is 13.1 Å². The Kier molecular flexibility index (Phi) is 5.13. The molecule has 0 aliphatic rings. The summed E-state index contributed by atoms with van der Waals surface area (Å²) >= 11 is 1.27. The molecule has 2 aromatic heterocycles. The van der Waals surface area contributed by atoms with Gasteiger partial charge in [-0.1, -0.05) is 29.8 Å². The van der Waals surface area contributed by atoms with E-state index in [-0.39, 0.29) is 11.6 Å². The van der Waals surface area contributed by atoms with Crippen molar-refractivity contribution < 1.29 is 22.4 Å². The van der Waals surface area contributed by atoms with Gasteiger partial charge in [-0.2, -0.15) is 13.2 Å². The number of carbonyl (C=O) groups excluding carboxylic acids is 1. The highest BCUT2D eigenvalue weighted by Gasteiger charge is 2.30. The lowest BCUT2D eigenvalue weighted by molar-refractivity contribution is -0.137. The molecule has 30 heavy (non-hydrogen) atoms. The van der Waals surface area contributed by atoms with Crippen molar-refractivity contribution in [3.8, 4) is 22.7 Å². The number of halogens is 3. The third-order valence-corrected chi connectivity index (χ3v) is 5.03. The first-order chi connectivity index (χ1) is 14.3. The summed E-state index contributed by atoms with van der Waals surface area (Å²) in [6.07, 6.45) is -3.28. The predicted octanol–water partition coefficient (Wildman–Crippen LogP) is 6.04. The Hall–Kier alpha value is -3.46. The molecule has 0 atom stereocenters. The summed E-state index contributed by atoms with van der Waals surface area (Å²) in [4.78, 5) is 20.9. The third kappa shape index (κ3) is 4.25. The number of thiazole rings is 1. The molecule has 0 saturated carbocycles. The number of nitrogens with one attached hydrogen (secondary N) is 1. The van der Waals surface area contributed by atoms with Crippen LogP contribution < -0.4 is 5.32 Å². The number of benzene rings is 2. The van der Waals surface area contributed by atoms with Crippen LogP contribution in [0.25, 0.3) is 22.7 Å². The molecule has 0 spiro atoms. The fourth-order valence-corrected chi connectivity index (χ4v) is 3.38. The minimum Gasteiger partial charge on any atom is -0.444 e. The smallest absolute Gasteiger partial charge is 0.416 e. The highest BCUT2D eigenvalue weighted by Crippen LogP contribution is 2.31. The van der Waals surface area contributed by atoms with Crippen molar-refractivity contribution in [1.29, 1.82) is 0 Å². The van der Waals surface area contributed by atoms with Crippen molar-refractivity contribution in [2.24, 2.45) is 0 Å². The van der Waals surface area contributed by atoms with E-state index in [0.717, 1.165) is 35.2 Å². The van der Waals surface area contributed by atoms with Gasteiger partial charge in [-0.15, -0.1) is 11.3 Å². The van der Waals surface area contributed by atoms with Crippen molar-refractivity contribution in [1.82, 2.24) is 9.97 Å². The maximum Gasteiger partial charge on any atom is 0.416 e.